The summed E-state index contributed by atoms with van der Waals surface area (Å²) in [6.45, 7) is -0.852. The molecular formula is C16H14N2O6. The van der Waals surface area contributed by atoms with Gasteiger partial charge in [0.1, 0.15) is 6.54 Å². The van der Waals surface area contributed by atoms with Crippen molar-refractivity contribution in [3.05, 3.63) is 35.4 Å². The molecule has 0 atom stereocenters. The van der Waals surface area contributed by atoms with Gasteiger partial charge in [-0.3, -0.25) is 33.8 Å². The molecule has 0 N–H and O–H groups in total. The van der Waals surface area contributed by atoms with Gasteiger partial charge in [0.15, 0.2) is 6.61 Å². The highest BCUT2D eigenvalue weighted by Crippen LogP contribution is 2.22. The minimum Gasteiger partial charge on any atom is -0.454 e. The first-order valence-electron chi connectivity index (χ1n) is 7.43. The average molecular weight is 330 g/mol. The normalized spacial score (nSPS) is 16.6. The van der Waals surface area contributed by atoms with Gasteiger partial charge >= 0.3 is 5.97 Å². The monoisotopic (exact) mass is 330 g/mol. The molecule has 124 valence electrons. The fourth-order valence-corrected chi connectivity index (χ4v) is 2.69. The van der Waals surface area contributed by atoms with Crippen molar-refractivity contribution in [1.82, 2.24) is 9.80 Å². The predicted molar refractivity (Wildman–Crippen MR) is 78.7 cm³/mol. The highest BCUT2D eigenvalue weighted by molar-refractivity contribution is 6.22. The highest BCUT2D eigenvalue weighted by Gasteiger charge is 2.36. The number of imide groups is 2. The van der Waals surface area contributed by atoms with Crippen LogP contribution in [0.25, 0.3) is 0 Å². The van der Waals surface area contributed by atoms with E-state index in [1.165, 1.54) is 12.1 Å². The van der Waals surface area contributed by atoms with Crippen LogP contribution in [-0.4, -0.2) is 59.1 Å². The van der Waals surface area contributed by atoms with Gasteiger partial charge in [-0.1, -0.05) is 12.1 Å². The Hall–Kier alpha value is -3.03. The summed E-state index contributed by atoms with van der Waals surface area (Å²) in [6.07, 6.45) is 0.891. The smallest absolute Gasteiger partial charge is 0.326 e. The molecule has 2 aliphatic heterocycles. The van der Waals surface area contributed by atoms with Crippen LogP contribution < -0.4 is 0 Å². The molecule has 1 fully saturated rings. The van der Waals surface area contributed by atoms with Gasteiger partial charge in [-0.15, -0.1) is 0 Å². The van der Waals surface area contributed by atoms with Crippen molar-refractivity contribution in [1.29, 1.82) is 0 Å². The number of carbonyl (C=O) groups is 5. The molecule has 1 saturated heterocycles. The van der Waals surface area contributed by atoms with Crippen molar-refractivity contribution in [2.24, 2.45) is 0 Å². The minimum atomic E-state index is -0.885. The fourth-order valence-electron chi connectivity index (χ4n) is 2.69. The van der Waals surface area contributed by atoms with Gasteiger partial charge in [0.2, 0.25) is 5.91 Å². The molecule has 4 amide bonds. The van der Waals surface area contributed by atoms with E-state index in [0.29, 0.717) is 19.4 Å². The zero-order chi connectivity index (χ0) is 17.3. The standard InChI is InChI=1S/C16H14N2O6/c19-12-6-3-7-17(12)13(20)9-24-14(21)8-18-15(22)10-4-1-2-5-11(10)16(18)23/h1-2,4-5H,3,6-9H2. The number of nitrogens with zero attached hydrogens (tertiary/aromatic N) is 2. The van der Waals surface area contributed by atoms with Gasteiger partial charge in [0, 0.05) is 13.0 Å². The van der Waals surface area contributed by atoms with E-state index in [0.717, 1.165) is 9.80 Å². The van der Waals surface area contributed by atoms with Gasteiger partial charge < -0.3 is 4.74 Å². The summed E-state index contributed by atoms with van der Waals surface area (Å²) in [7, 11) is 0. The van der Waals surface area contributed by atoms with E-state index in [-0.39, 0.29) is 17.0 Å². The molecule has 8 heteroatoms. The lowest BCUT2D eigenvalue weighted by Gasteiger charge is -2.15. The summed E-state index contributed by atoms with van der Waals surface area (Å²) in [5.74, 6) is -2.93. The molecule has 24 heavy (non-hydrogen) atoms. The molecule has 2 heterocycles. The molecule has 0 saturated carbocycles. The van der Waals surface area contributed by atoms with Gasteiger partial charge in [-0.25, -0.2) is 0 Å². The molecule has 3 rings (SSSR count). The van der Waals surface area contributed by atoms with Gasteiger partial charge in [-0.2, -0.15) is 0 Å². The number of carbonyl (C=O) groups excluding carboxylic acids is 5. The van der Waals surface area contributed by atoms with Crippen LogP contribution in [0.1, 0.15) is 33.6 Å². The lowest BCUT2D eigenvalue weighted by atomic mass is 10.1. The first-order chi connectivity index (χ1) is 11.5. The van der Waals surface area contributed by atoms with Crippen LogP contribution in [-0.2, 0) is 19.1 Å². The maximum Gasteiger partial charge on any atom is 0.326 e. The van der Waals surface area contributed by atoms with Crippen LogP contribution in [0.15, 0.2) is 24.3 Å². The molecule has 0 unspecified atom stereocenters. The van der Waals surface area contributed by atoms with E-state index in [1.54, 1.807) is 12.1 Å². The summed E-state index contributed by atoms with van der Waals surface area (Å²) >= 11 is 0. The van der Waals surface area contributed by atoms with Crippen molar-refractivity contribution in [3.8, 4) is 0 Å². The van der Waals surface area contributed by atoms with E-state index < -0.39 is 36.8 Å². The van der Waals surface area contributed by atoms with Crippen LogP contribution >= 0.6 is 0 Å². The molecular weight excluding hydrogens is 316 g/mol. The van der Waals surface area contributed by atoms with Crippen LogP contribution in [0.2, 0.25) is 0 Å². The first-order valence-corrected chi connectivity index (χ1v) is 7.43. The van der Waals surface area contributed by atoms with Crippen LogP contribution in [0, 0.1) is 0 Å². The summed E-state index contributed by atoms with van der Waals surface area (Å²) in [5, 5.41) is 0. The van der Waals surface area contributed by atoms with Crippen molar-refractivity contribution >= 4 is 29.6 Å². The third-order valence-electron chi connectivity index (χ3n) is 3.90. The predicted octanol–water partition coefficient (Wildman–Crippen LogP) is -0.0252. The lowest BCUT2D eigenvalue weighted by Crippen LogP contribution is -2.38. The number of benzene rings is 1. The number of hydrogen-bond donors (Lipinski definition) is 0. The molecule has 0 spiro atoms. The number of esters is 1. The Morgan fingerprint density at radius 1 is 1.04 bits per heavy atom. The number of likely N-dealkylation sites (tertiary alicyclic amines) is 1. The first kappa shape index (κ1) is 15.9. The Morgan fingerprint density at radius 3 is 2.21 bits per heavy atom. The van der Waals surface area contributed by atoms with Crippen molar-refractivity contribution in [3.63, 3.8) is 0 Å². The van der Waals surface area contributed by atoms with Crippen LogP contribution in [0.4, 0.5) is 0 Å². The summed E-state index contributed by atoms with van der Waals surface area (Å²) in [6, 6.07) is 6.25. The van der Waals surface area contributed by atoms with E-state index in [4.69, 9.17) is 4.74 Å². The third-order valence-corrected chi connectivity index (χ3v) is 3.90. The Labute approximate surface area is 137 Å². The maximum atomic E-state index is 12.1. The Kier molecular flexibility index (Phi) is 4.11. The van der Waals surface area contributed by atoms with Crippen LogP contribution in [0.5, 0.6) is 0 Å². The van der Waals surface area contributed by atoms with Gasteiger partial charge in [-0.05, 0) is 18.6 Å². The lowest BCUT2D eigenvalue weighted by molar-refractivity contribution is -0.154. The van der Waals surface area contributed by atoms with E-state index in [2.05, 4.69) is 0 Å². The van der Waals surface area contributed by atoms with Gasteiger partial charge in [0.05, 0.1) is 11.1 Å². The summed E-state index contributed by atoms with van der Waals surface area (Å²) < 4.78 is 4.79. The van der Waals surface area contributed by atoms with Gasteiger partial charge in [0.25, 0.3) is 17.7 Å². The Bertz CT molecular complexity index is 722. The Balaban J connectivity index is 1.56. The van der Waals surface area contributed by atoms with E-state index in [9.17, 15) is 24.0 Å². The van der Waals surface area contributed by atoms with E-state index >= 15 is 0 Å². The van der Waals surface area contributed by atoms with Crippen molar-refractivity contribution < 1.29 is 28.7 Å². The number of amides is 4. The van der Waals surface area contributed by atoms with Crippen LogP contribution in [0.3, 0.4) is 0 Å². The number of hydrogen-bond acceptors (Lipinski definition) is 6. The maximum absolute atomic E-state index is 12.1. The van der Waals surface area contributed by atoms with Crippen molar-refractivity contribution in [2.45, 2.75) is 12.8 Å². The molecule has 0 radical (unpaired) electrons. The second kappa shape index (κ2) is 6.23. The zero-order valence-corrected chi connectivity index (χ0v) is 12.7. The topological polar surface area (TPSA) is 101 Å². The summed E-state index contributed by atoms with van der Waals surface area (Å²) in [5.41, 5.74) is 0.461. The molecule has 0 aliphatic carbocycles. The molecule has 0 bridgehead atoms. The second-order valence-corrected chi connectivity index (χ2v) is 5.45. The average Bonchev–Trinajstić information content (AvgIpc) is 3.11. The Morgan fingerprint density at radius 2 is 1.67 bits per heavy atom. The fraction of sp³-hybridized carbons (Fsp3) is 0.312. The molecule has 8 nitrogen and oxygen atoms in total. The number of rotatable bonds is 4. The highest BCUT2D eigenvalue weighted by atomic mass is 16.5. The molecule has 0 aromatic heterocycles. The molecule has 1 aromatic carbocycles. The second-order valence-electron chi connectivity index (χ2n) is 5.45. The molecule has 1 aromatic rings. The SMILES string of the molecule is O=C(CN1C(=O)c2ccccc2C1=O)OCC(=O)N1CCCC1=O. The quantitative estimate of drug-likeness (QED) is 0.568. The van der Waals surface area contributed by atoms with Crippen molar-refractivity contribution in [2.75, 3.05) is 19.7 Å². The number of fused-ring (bicyclic) bond motifs is 1. The summed E-state index contributed by atoms with van der Waals surface area (Å²) in [4.78, 5) is 61.1. The third kappa shape index (κ3) is 2.78. The largest absolute Gasteiger partial charge is 0.454 e. The molecule has 2 aliphatic rings. The number of ether oxygens (including phenoxy) is 1. The minimum absolute atomic E-state index is 0.231. The zero-order valence-electron chi connectivity index (χ0n) is 12.7. The van der Waals surface area contributed by atoms with E-state index in [1.807, 2.05) is 0 Å².